The molecule has 0 unspecified atom stereocenters. The van der Waals surface area contributed by atoms with Crippen LogP contribution in [0.3, 0.4) is 0 Å². The van der Waals surface area contributed by atoms with Crippen molar-refractivity contribution in [1.29, 1.82) is 0 Å². The first-order chi connectivity index (χ1) is 21.4. The summed E-state index contributed by atoms with van der Waals surface area (Å²) in [5.74, 6) is -0.767. The maximum atomic E-state index is 14.3. The molecule has 13 heteroatoms. The van der Waals surface area contributed by atoms with Crippen LogP contribution in [0.4, 0.5) is 10.1 Å². The summed E-state index contributed by atoms with van der Waals surface area (Å²) in [4.78, 5) is 28.7. The smallest absolute Gasteiger partial charge is 0.265 e. The van der Waals surface area contributed by atoms with Gasteiger partial charge in [0.25, 0.3) is 10.0 Å². The topological polar surface area (TPSA) is 114 Å². The molecule has 0 saturated heterocycles. The highest BCUT2D eigenvalue weighted by Crippen LogP contribution is 2.37. The van der Waals surface area contributed by atoms with E-state index in [1.807, 2.05) is 13.8 Å². The van der Waals surface area contributed by atoms with Gasteiger partial charge in [-0.15, -0.1) is 0 Å². The van der Waals surface area contributed by atoms with E-state index >= 15 is 0 Å². The molecule has 3 aromatic rings. The number of carbonyl (C=O) groups is 2. The average molecular weight is 664 g/mol. The number of hydrogen-bond donors (Lipinski definition) is 1. The molecule has 244 valence electrons. The van der Waals surface area contributed by atoms with Gasteiger partial charge in [-0.25, -0.2) is 12.8 Å². The van der Waals surface area contributed by atoms with Gasteiger partial charge >= 0.3 is 0 Å². The number of halogens is 2. The Labute approximate surface area is 269 Å². The van der Waals surface area contributed by atoms with Gasteiger partial charge in [-0.3, -0.25) is 13.9 Å². The van der Waals surface area contributed by atoms with Crippen LogP contribution in [0.15, 0.2) is 65.6 Å². The van der Waals surface area contributed by atoms with E-state index in [0.29, 0.717) is 17.9 Å². The van der Waals surface area contributed by atoms with E-state index in [0.717, 1.165) is 4.31 Å². The summed E-state index contributed by atoms with van der Waals surface area (Å²) >= 11 is 6.30. The average Bonchev–Trinajstić information content (AvgIpc) is 3.02. The molecular weight excluding hydrogens is 625 g/mol. The lowest BCUT2D eigenvalue weighted by molar-refractivity contribution is -0.140. The molecule has 3 rings (SSSR count). The molecule has 0 aliphatic heterocycles. The van der Waals surface area contributed by atoms with Crippen molar-refractivity contribution >= 4 is 39.1 Å². The molecule has 0 saturated carbocycles. The van der Waals surface area contributed by atoms with Crippen LogP contribution in [0.25, 0.3) is 0 Å². The molecule has 3 aromatic carbocycles. The number of nitrogens with zero attached hydrogens (tertiary/aromatic N) is 2. The highest BCUT2D eigenvalue weighted by molar-refractivity contribution is 7.92. The first kappa shape index (κ1) is 35.4. The molecule has 0 fully saturated rings. The van der Waals surface area contributed by atoms with Crippen LogP contribution in [0, 0.1) is 11.7 Å². The maximum Gasteiger partial charge on any atom is 0.265 e. The Morgan fingerprint density at radius 1 is 0.911 bits per heavy atom. The van der Waals surface area contributed by atoms with Gasteiger partial charge in [0.05, 0.1) is 31.9 Å². The number of carbonyl (C=O) groups excluding carboxylic acids is 2. The van der Waals surface area contributed by atoms with Gasteiger partial charge in [0.2, 0.25) is 11.8 Å². The summed E-state index contributed by atoms with van der Waals surface area (Å²) in [5, 5.41) is 3.07. The zero-order chi connectivity index (χ0) is 33.3. The summed E-state index contributed by atoms with van der Waals surface area (Å²) in [6.07, 6.45) is 0.236. The van der Waals surface area contributed by atoms with Crippen molar-refractivity contribution < 1.29 is 36.6 Å². The summed E-state index contributed by atoms with van der Waals surface area (Å²) in [5.41, 5.74) is 0.557. The fraction of sp³-hybridized carbons (Fsp3) is 0.375. The summed E-state index contributed by atoms with van der Waals surface area (Å²) in [6.45, 7) is 5.22. The van der Waals surface area contributed by atoms with Gasteiger partial charge in [-0.2, -0.15) is 0 Å². The Kier molecular flexibility index (Phi) is 12.5. The molecule has 0 bridgehead atoms. The second-order valence-electron chi connectivity index (χ2n) is 10.6. The first-order valence-corrected chi connectivity index (χ1v) is 16.1. The number of sulfonamides is 1. The minimum atomic E-state index is -4.48. The Balaban J connectivity index is 2.16. The lowest BCUT2D eigenvalue weighted by atomic mass is 10.1. The van der Waals surface area contributed by atoms with Gasteiger partial charge in [-0.05, 0) is 60.4 Å². The minimum absolute atomic E-state index is 0.00664. The van der Waals surface area contributed by atoms with E-state index in [-0.39, 0.29) is 46.0 Å². The molecule has 0 heterocycles. The molecule has 0 aliphatic rings. The van der Waals surface area contributed by atoms with Gasteiger partial charge in [0, 0.05) is 24.2 Å². The van der Waals surface area contributed by atoms with E-state index < -0.39 is 40.2 Å². The van der Waals surface area contributed by atoms with Gasteiger partial charge < -0.3 is 24.4 Å². The van der Waals surface area contributed by atoms with Crippen molar-refractivity contribution in [2.75, 3.05) is 38.7 Å². The van der Waals surface area contributed by atoms with Crippen LogP contribution in [0.1, 0.15) is 32.8 Å². The highest BCUT2D eigenvalue weighted by atomic mass is 35.5. The predicted octanol–water partition coefficient (Wildman–Crippen LogP) is 5.28. The van der Waals surface area contributed by atoms with Crippen LogP contribution >= 0.6 is 11.6 Å². The molecule has 1 N–H and O–H groups in total. The quantitative estimate of drug-likeness (QED) is 0.235. The molecule has 10 nitrogen and oxygen atoms in total. The van der Waals surface area contributed by atoms with Crippen molar-refractivity contribution in [1.82, 2.24) is 10.2 Å². The zero-order valence-electron chi connectivity index (χ0n) is 26.2. The fourth-order valence-corrected chi connectivity index (χ4v) is 6.20. The predicted molar refractivity (Wildman–Crippen MR) is 171 cm³/mol. The molecule has 1 atom stereocenters. The summed E-state index contributed by atoms with van der Waals surface area (Å²) in [7, 11) is -0.322. The largest absolute Gasteiger partial charge is 0.495 e. The summed E-state index contributed by atoms with van der Waals surface area (Å²) < 4.78 is 59.3. The van der Waals surface area contributed by atoms with Crippen molar-refractivity contribution in [2.24, 2.45) is 5.92 Å². The number of amides is 2. The van der Waals surface area contributed by atoms with Crippen LogP contribution < -0.4 is 23.8 Å². The maximum absolute atomic E-state index is 14.3. The van der Waals surface area contributed by atoms with Crippen LogP contribution in [-0.4, -0.2) is 65.6 Å². The number of hydrogen-bond acceptors (Lipinski definition) is 7. The molecule has 0 aliphatic carbocycles. The van der Waals surface area contributed by atoms with Gasteiger partial charge in [-0.1, -0.05) is 44.5 Å². The third kappa shape index (κ3) is 8.79. The van der Waals surface area contributed by atoms with Crippen molar-refractivity contribution in [3.05, 3.63) is 77.1 Å². The molecule has 0 aromatic heterocycles. The lowest BCUT2D eigenvalue weighted by Crippen LogP contribution is -2.52. The molecule has 45 heavy (non-hydrogen) atoms. The normalized spacial score (nSPS) is 11.9. The standard InChI is InChI=1S/C32H39ClFN3O7S/c1-7-26(32(39)35-18-21(2)3)36(19-22-8-11-24(34)12-9-22)31(38)20-37(27-16-23(33)10-14-28(27)42-4)45(40,41)25-13-15-29(43-5)30(17-25)44-6/h8-17,21,26H,7,18-20H2,1-6H3,(H,35,39)/t26-/m1/s1. The Morgan fingerprint density at radius 2 is 1.53 bits per heavy atom. The van der Waals surface area contributed by atoms with Gasteiger partial charge in [0.15, 0.2) is 11.5 Å². The third-order valence-corrected chi connectivity index (χ3v) is 8.96. The van der Waals surface area contributed by atoms with Crippen LogP contribution in [-0.2, 0) is 26.2 Å². The van der Waals surface area contributed by atoms with Crippen molar-refractivity contribution in [3.63, 3.8) is 0 Å². The van der Waals surface area contributed by atoms with E-state index in [4.69, 9.17) is 25.8 Å². The van der Waals surface area contributed by atoms with E-state index in [1.54, 1.807) is 6.92 Å². The molecule has 0 spiro atoms. The van der Waals surface area contributed by atoms with Gasteiger partial charge in [0.1, 0.15) is 24.2 Å². The number of rotatable bonds is 15. The third-order valence-electron chi connectivity index (χ3n) is 6.97. The van der Waals surface area contributed by atoms with E-state index in [2.05, 4.69) is 5.32 Å². The first-order valence-electron chi connectivity index (χ1n) is 14.3. The lowest BCUT2D eigenvalue weighted by Gasteiger charge is -2.33. The number of ether oxygens (including phenoxy) is 3. The van der Waals surface area contributed by atoms with Crippen LogP contribution in [0.2, 0.25) is 5.02 Å². The summed E-state index contributed by atoms with van der Waals surface area (Å²) in [6, 6.07) is 13.0. The van der Waals surface area contributed by atoms with E-state index in [9.17, 15) is 22.4 Å². The number of methoxy groups -OCH3 is 3. The second kappa shape index (κ2) is 15.8. The fourth-order valence-electron chi connectivity index (χ4n) is 4.60. The van der Waals surface area contributed by atoms with E-state index in [1.165, 1.54) is 86.9 Å². The molecule has 2 amide bonds. The zero-order valence-corrected chi connectivity index (χ0v) is 27.7. The second-order valence-corrected chi connectivity index (χ2v) is 12.9. The highest BCUT2D eigenvalue weighted by Gasteiger charge is 2.35. The number of anilines is 1. The number of benzene rings is 3. The SMILES string of the molecule is CC[C@H](C(=O)NCC(C)C)N(Cc1ccc(F)cc1)C(=O)CN(c1cc(Cl)ccc1OC)S(=O)(=O)c1ccc(OC)c(OC)c1. The Morgan fingerprint density at radius 3 is 2.11 bits per heavy atom. The number of nitrogens with one attached hydrogen (secondary N) is 1. The monoisotopic (exact) mass is 663 g/mol. The molecule has 0 radical (unpaired) electrons. The van der Waals surface area contributed by atoms with Crippen molar-refractivity contribution in [2.45, 2.75) is 44.7 Å². The van der Waals surface area contributed by atoms with Crippen molar-refractivity contribution in [3.8, 4) is 17.2 Å². The minimum Gasteiger partial charge on any atom is -0.495 e. The Hall–Kier alpha value is -4.03. The molecular formula is C32H39ClFN3O7S. The van der Waals surface area contributed by atoms with Crippen LogP contribution in [0.5, 0.6) is 17.2 Å². The Bertz CT molecular complexity index is 1590.